The van der Waals surface area contributed by atoms with Crippen molar-refractivity contribution in [3.05, 3.63) is 24.0 Å². The quantitative estimate of drug-likeness (QED) is 0.820. The minimum Gasteiger partial charge on any atom is -0.385 e. The molecule has 1 aromatic rings. The van der Waals surface area contributed by atoms with E-state index in [1.807, 2.05) is 18.5 Å². The lowest BCUT2D eigenvalue weighted by molar-refractivity contribution is 0.185. The molecule has 0 spiro atoms. The molecule has 1 saturated heterocycles. The van der Waals surface area contributed by atoms with Crippen LogP contribution in [0.5, 0.6) is 0 Å². The Morgan fingerprint density at radius 3 is 3.27 bits per heavy atom. The van der Waals surface area contributed by atoms with Gasteiger partial charge in [0.25, 0.3) is 0 Å². The van der Waals surface area contributed by atoms with E-state index in [1.165, 1.54) is 24.1 Å². The van der Waals surface area contributed by atoms with Gasteiger partial charge in [0, 0.05) is 37.8 Å². The molecule has 1 aliphatic rings. The molecule has 15 heavy (non-hydrogen) atoms. The number of rotatable bonds is 4. The lowest BCUT2D eigenvalue weighted by Gasteiger charge is -2.11. The molecule has 2 rings (SSSR count). The molecule has 1 atom stereocenters. The molecule has 0 aromatic carbocycles. The van der Waals surface area contributed by atoms with Gasteiger partial charge >= 0.3 is 0 Å². The van der Waals surface area contributed by atoms with Gasteiger partial charge in [0.2, 0.25) is 0 Å². The number of aromatic nitrogens is 1. The Labute approximate surface area is 90.9 Å². The van der Waals surface area contributed by atoms with Gasteiger partial charge in [-0.25, -0.2) is 0 Å². The van der Waals surface area contributed by atoms with E-state index in [4.69, 9.17) is 4.74 Å². The van der Waals surface area contributed by atoms with E-state index in [0.717, 1.165) is 25.7 Å². The Morgan fingerprint density at radius 1 is 1.60 bits per heavy atom. The van der Waals surface area contributed by atoms with E-state index < -0.39 is 0 Å². The van der Waals surface area contributed by atoms with Crippen LogP contribution in [0.2, 0.25) is 0 Å². The molecule has 0 aliphatic carbocycles. The molecule has 1 fully saturated rings. The molecule has 1 unspecified atom stereocenters. The van der Waals surface area contributed by atoms with E-state index in [1.54, 1.807) is 0 Å². The second-order valence-electron chi connectivity index (χ2n) is 4.14. The van der Waals surface area contributed by atoms with Gasteiger partial charge in [-0.2, -0.15) is 0 Å². The zero-order valence-electron chi connectivity index (χ0n) is 9.20. The molecule has 82 valence electrons. The lowest BCUT2D eigenvalue weighted by atomic mass is 10.1. The third-order valence-corrected chi connectivity index (χ3v) is 2.91. The number of ether oxygens (including phenoxy) is 1. The summed E-state index contributed by atoms with van der Waals surface area (Å²) in [6.07, 6.45) is 6.13. The first-order valence-corrected chi connectivity index (χ1v) is 5.58. The van der Waals surface area contributed by atoms with Crippen molar-refractivity contribution in [2.24, 2.45) is 5.92 Å². The molecular formula is C12H18N2O. The summed E-state index contributed by atoms with van der Waals surface area (Å²) >= 11 is 0. The summed E-state index contributed by atoms with van der Waals surface area (Å²) in [6, 6.07) is 2.03. The normalized spacial score (nSPS) is 20.5. The average Bonchev–Trinajstić information content (AvgIpc) is 2.74. The third kappa shape index (κ3) is 2.93. The highest BCUT2D eigenvalue weighted by Crippen LogP contribution is 2.17. The van der Waals surface area contributed by atoms with Crippen LogP contribution in [-0.4, -0.2) is 24.7 Å². The van der Waals surface area contributed by atoms with Gasteiger partial charge in [0.15, 0.2) is 0 Å². The summed E-state index contributed by atoms with van der Waals surface area (Å²) < 4.78 is 5.35. The van der Waals surface area contributed by atoms with Crippen LogP contribution in [0.1, 0.15) is 18.4 Å². The van der Waals surface area contributed by atoms with Gasteiger partial charge in [-0.3, -0.25) is 4.98 Å². The standard InChI is InChI=1S/C12H18N2O/c1-10-8-13-5-3-12(10)14-6-2-11-4-7-15-9-11/h3,5,8,11H,2,4,6-7,9H2,1H3,(H,13,14). The topological polar surface area (TPSA) is 34.2 Å². The predicted octanol–water partition coefficient (Wildman–Crippen LogP) is 2.23. The average molecular weight is 206 g/mol. The molecule has 1 aliphatic heterocycles. The van der Waals surface area contributed by atoms with Gasteiger partial charge in [-0.1, -0.05) is 0 Å². The van der Waals surface area contributed by atoms with Gasteiger partial charge in [0.1, 0.15) is 0 Å². The second-order valence-corrected chi connectivity index (χ2v) is 4.14. The first kappa shape index (κ1) is 10.4. The highest BCUT2D eigenvalue weighted by atomic mass is 16.5. The minimum atomic E-state index is 0.750. The van der Waals surface area contributed by atoms with E-state index in [2.05, 4.69) is 17.2 Å². The molecular weight excluding hydrogens is 188 g/mol. The SMILES string of the molecule is Cc1cnccc1NCCC1CCOC1. The van der Waals surface area contributed by atoms with Gasteiger partial charge < -0.3 is 10.1 Å². The minimum absolute atomic E-state index is 0.750. The fourth-order valence-electron chi connectivity index (χ4n) is 1.89. The number of pyridine rings is 1. The Morgan fingerprint density at radius 2 is 2.53 bits per heavy atom. The zero-order valence-corrected chi connectivity index (χ0v) is 9.20. The first-order chi connectivity index (χ1) is 7.36. The summed E-state index contributed by atoms with van der Waals surface area (Å²) in [7, 11) is 0. The molecule has 2 heterocycles. The van der Waals surface area contributed by atoms with E-state index >= 15 is 0 Å². The maximum Gasteiger partial charge on any atom is 0.0495 e. The summed E-state index contributed by atoms with van der Waals surface area (Å²) in [6.45, 7) is 4.99. The number of nitrogens with zero attached hydrogens (tertiary/aromatic N) is 1. The molecule has 0 amide bonds. The van der Waals surface area contributed by atoms with Gasteiger partial charge in [-0.15, -0.1) is 0 Å². The zero-order chi connectivity index (χ0) is 10.5. The number of hydrogen-bond donors (Lipinski definition) is 1. The summed E-state index contributed by atoms with van der Waals surface area (Å²) in [5, 5.41) is 3.44. The monoisotopic (exact) mass is 206 g/mol. The van der Waals surface area contributed by atoms with Gasteiger partial charge in [0.05, 0.1) is 0 Å². The molecule has 0 radical (unpaired) electrons. The number of aryl methyl sites for hydroxylation is 1. The maximum atomic E-state index is 5.35. The van der Waals surface area contributed by atoms with Crippen LogP contribution in [0.25, 0.3) is 0 Å². The largest absolute Gasteiger partial charge is 0.385 e. The molecule has 1 aromatic heterocycles. The lowest BCUT2D eigenvalue weighted by Crippen LogP contribution is -2.09. The molecule has 0 bridgehead atoms. The van der Waals surface area contributed by atoms with Crippen molar-refractivity contribution < 1.29 is 4.74 Å². The maximum absolute atomic E-state index is 5.35. The summed E-state index contributed by atoms with van der Waals surface area (Å²) in [5.41, 5.74) is 2.41. The second kappa shape index (κ2) is 5.12. The number of anilines is 1. The van der Waals surface area contributed by atoms with Crippen LogP contribution >= 0.6 is 0 Å². The van der Waals surface area contributed by atoms with Crippen molar-refractivity contribution in [1.29, 1.82) is 0 Å². The van der Waals surface area contributed by atoms with Crippen LogP contribution in [0.4, 0.5) is 5.69 Å². The van der Waals surface area contributed by atoms with Crippen LogP contribution < -0.4 is 5.32 Å². The Balaban J connectivity index is 1.75. The number of hydrogen-bond acceptors (Lipinski definition) is 3. The van der Waals surface area contributed by atoms with Crippen molar-refractivity contribution in [1.82, 2.24) is 4.98 Å². The number of nitrogens with one attached hydrogen (secondary N) is 1. The molecule has 0 saturated carbocycles. The highest BCUT2D eigenvalue weighted by Gasteiger charge is 2.14. The van der Waals surface area contributed by atoms with Crippen molar-refractivity contribution in [3.8, 4) is 0 Å². The van der Waals surface area contributed by atoms with Crippen LogP contribution in [0.3, 0.4) is 0 Å². The Kier molecular flexibility index (Phi) is 3.56. The van der Waals surface area contributed by atoms with E-state index in [-0.39, 0.29) is 0 Å². The molecule has 3 nitrogen and oxygen atoms in total. The van der Waals surface area contributed by atoms with Crippen LogP contribution in [-0.2, 0) is 4.74 Å². The Hall–Kier alpha value is -1.09. The fraction of sp³-hybridized carbons (Fsp3) is 0.583. The van der Waals surface area contributed by atoms with Crippen molar-refractivity contribution >= 4 is 5.69 Å². The molecule has 3 heteroatoms. The first-order valence-electron chi connectivity index (χ1n) is 5.58. The van der Waals surface area contributed by atoms with Crippen molar-refractivity contribution in [2.75, 3.05) is 25.1 Å². The highest BCUT2D eigenvalue weighted by molar-refractivity contribution is 5.48. The van der Waals surface area contributed by atoms with Crippen LogP contribution in [0, 0.1) is 12.8 Å². The fourth-order valence-corrected chi connectivity index (χ4v) is 1.89. The Bertz CT molecular complexity index is 308. The summed E-state index contributed by atoms with van der Waals surface area (Å²) in [5.74, 6) is 0.750. The summed E-state index contributed by atoms with van der Waals surface area (Å²) in [4.78, 5) is 4.07. The van der Waals surface area contributed by atoms with Crippen molar-refractivity contribution in [3.63, 3.8) is 0 Å². The molecule has 1 N–H and O–H groups in total. The van der Waals surface area contributed by atoms with Crippen LogP contribution in [0.15, 0.2) is 18.5 Å². The smallest absolute Gasteiger partial charge is 0.0495 e. The van der Waals surface area contributed by atoms with E-state index in [0.29, 0.717) is 0 Å². The van der Waals surface area contributed by atoms with E-state index in [9.17, 15) is 0 Å². The van der Waals surface area contributed by atoms with Crippen molar-refractivity contribution in [2.45, 2.75) is 19.8 Å². The predicted molar refractivity (Wildman–Crippen MR) is 61.0 cm³/mol. The third-order valence-electron chi connectivity index (χ3n) is 2.91. The van der Waals surface area contributed by atoms with Gasteiger partial charge in [-0.05, 0) is 37.3 Å².